The third-order valence-electron chi connectivity index (χ3n) is 4.81. The van der Waals surface area contributed by atoms with Crippen LogP contribution in [0.25, 0.3) is 0 Å². The first-order chi connectivity index (χ1) is 9.62. The van der Waals surface area contributed by atoms with Crippen LogP contribution in [-0.2, 0) is 24.8 Å². The Bertz CT molecular complexity index is 502. The standard InChI is InChI=1S/C15H24N4O/c1-3-12-8-13(18(2)17-12)10-19-11-15(9-14(19)20)4-6-16-7-5-15/h8,16H,3-7,9-11H2,1-2H3. The maximum atomic E-state index is 12.3. The Hall–Kier alpha value is -1.36. The molecule has 1 aromatic rings. The zero-order chi connectivity index (χ0) is 14.2. The van der Waals surface area contributed by atoms with Gasteiger partial charge in [-0.1, -0.05) is 6.92 Å². The van der Waals surface area contributed by atoms with E-state index in [9.17, 15) is 4.79 Å². The van der Waals surface area contributed by atoms with Gasteiger partial charge in [0, 0.05) is 20.0 Å². The monoisotopic (exact) mass is 276 g/mol. The molecule has 2 aliphatic heterocycles. The lowest BCUT2D eigenvalue weighted by atomic mass is 9.78. The molecule has 3 heterocycles. The SMILES string of the molecule is CCc1cc(CN2CC3(CCNCC3)CC2=O)n(C)n1. The van der Waals surface area contributed by atoms with Crippen molar-refractivity contribution in [2.24, 2.45) is 12.5 Å². The number of amides is 1. The van der Waals surface area contributed by atoms with E-state index in [1.807, 2.05) is 16.6 Å². The largest absolute Gasteiger partial charge is 0.336 e. The fraction of sp³-hybridized carbons (Fsp3) is 0.733. The van der Waals surface area contributed by atoms with Gasteiger partial charge in [-0.3, -0.25) is 9.48 Å². The van der Waals surface area contributed by atoms with Crippen LogP contribution in [-0.4, -0.2) is 40.2 Å². The molecule has 0 radical (unpaired) electrons. The summed E-state index contributed by atoms with van der Waals surface area (Å²) in [7, 11) is 1.97. The Balaban J connectivity index is 1.71. The average Bonchev–Trinajstić information content (AvgIpc) is 2.93. The van der Waals surface area contributed by atoms with E-state index in [-0.39, 0.29) is 5.41 Å². The van der Waals surface area contributed by atoms with E-state index in [1.54, 1.807) is 0 Å². The van der Waals surface area contributed by atoms with Crippen LogP contribution < -0.4 is 5.32 Å². The molecule has 0 saturated carbocycles. The van der Waals surface area contributed by atoms with Crippen molar-refractivity contribution in [1.29, 1.82) is 0 Å². The van der Waals surface area contributed by atoms with Crippen molar-refractivity contribution in [1.82, 2.24) is 20.0 Å². The summed E-state index contributed by atoms with van der Waals surface area (Å²) in [5.74, 6) is 0.311. The van der Waals surface area contributed by atoms with Crippen LogP contribution in [0.3, 0.4) is 0 Å². The van der Waals surface area contributed by atoms with Gasteiger partial charge in [0.1, 0.15) is 0 Å². The Morgan fingerprint density at radius 3 is 2.80 bits per heavy atom. The molecule has 0 bridgehead atoms. The number of piperidine rings is 1. The van der Waals surface area contributed by atoms with Crippen LogP contribution >= 0.6 is 0 Å². The third kappa shape index (κ3) is 2.46. The highest BCUT2D eigenvalue weighted by Crippen LogP contribution is 2.39. The van der Waals surface area contributed by atoms with Crippen molar-refractivity contribution in [2.75, 3.05) is 19.6 Å². The number of carbonyl (C=O) groups excluding carboxylic acids is 1. The lowest BCUT2D eigenvalue weighted by Gasteiger charge is -2.33. The molecule has 1 N–H and O–H groups in total. The quantitative estimate of drug-likeness (QED) is 0.899. The number of rotatable bonds is 3. The molecule has 0 unspecified atom stereocenters. The molecule has 2 aliphatic rings. The van der Waals surface area contributed by atoms with Crippen LogP contribution in [0.4, 0.5) is 0 Å². The Morgan fingerprint density at radius 1 is 1.40 bits per heavy atom. The second kappa shape index (κ2) is 5.20. The lowest BCUT2D eigenvalue weighted by molar-refractivity contribution is -0.128. The summed E-state index contributed by atoms with van der Waals surface area (Å²) >= 11 is 0. The molecule has 0 aromatic carbocycles. The summed E-state index contributed by atoms with van der Waals surface area (Å²) in [6.07, 6.45) is 3.92. The van der Waals surface area contributed by atoms with E-state index in [4.69, 9.17) is 0 Å². The summed E-state index contributed by atoms with van der Waals surface area (Å²) in [6, 6.07) is 2.13. The number of nitrogens with zero attached hydrogens (tertiary/aromatic N) is 3. The second-order valence-corrected chi connectivity index (χ2v) is 6.28. The number of aryl methyl sites for hydroxylation is 2. The Morgan fingerprint density at radius 2 is 2.15 bits per heavy atom. The number of hydrogen-bond donors (Lipinski definition) is 1. The van der Waals surface area contributed by atoms with Gasteiger partial charge in [-0.05, 0) is 43.8 Å². The first kappa shape index (κ1) is 13.6. The van der Waals surface area contributed by atoms with Crippen molar-refractivity contribution >= 4 is 5.91 Å². The van der Waals surface area contributed by atoms with E-state index in [2.05, 4.69) is 23.4 Å². The zero-order valence-electron chi connectivity index (χ0n) is 12.5. The fourth-order valence-corrected chi connectivity index (χ4v) is 3.51. The van der Waals surface area contributed by atoms with Gasteiger partial charge in [0.2, 0.25) is 5.91 Å². The highest BCUT2D eigenvalue weighted by atomic mass is 16.2. The van der Waals surface area contributed by atoms with Crippen LogP contribution in [0, 0.1) is 5.41 Å². The molecule has 110 valence electrons. The maximum Gasteiger partial charge on any atom is 0.223 e. The highest BCUT2D eigenvalue weighted by molar-refractivity contribution is 5.79. The molecule has 0 aliphatic carbocycles. The molecule has 1 amide bonds. The smallest absolute Gasteiger partial charge is 0.223 e. The first-order valence-electron chi connectivity index (χ1n) is 7.62. The number of aromatic nitrogens is 2. The molecule has 3 rings (SSSR count). The fourth-order valence-electron chi connectivity index (χ4n) is 3.51. The van der Waals surface area contributed by atoms with Crippen LogP contribution in [0.15, 0.2) is 6.07 Å². The van der Waals surface area contributed by atoms with Crippen molar-refractivity contribution in [3.05, 3.63) is 17.5 Å². The average molecular weight is 276 g/mol. The molecule has 1 aromatic heterocycles. The number of nitrogens with one attached hydrogen (secondary N) is 1. The molecular formula is C15H24N4O. The maximum absolute atomic E-state index is 12.3. The topological polar surface area (TPSA) is 50.2 Å². The highest BCUT2D eigenvalue weighted by Gasteiger charge is 2.43. The van der Waals surface area contributed by atoms with E-state index in [0.717, 1.165) is 56.7 Å². The summed E-state index contributed by atoms with van der Waals surface area (Å²) in [5.41, 5.74) is 2.47. The summed E-state index contributed by atoms with van der Waals surface area (Å²) in [6.45, 7) is 5.83. The van der Waals surface area contributed by atoms with Crippen molar-refractivity contribution in [2.45, 2.75) is 39.2 Å². The molecule has 2 saturated heterocycles. The number of carbonyl (C=O) groups is 1. The predicted molar refractivity (Wildman–Crippen MR) is 77.2 cm³/mol. The minimum atomic E-state index is 0.231. The Labute approximate surface area is 120 Å². The van der Waals surface area contributed by atoms with Crippen LogP contribution in [0.1, 0.15) is 37.6 Å². The van der Waals surface area contributed by atoms with Gasteiger partial charge in [0.05, 0.1) is 17.9 Å². The van der Waals surface area contributed by atoms with E-state index in [0.29, 0.717) is 12.5 Å². The zero-order valence-corrected chi connectivity index (χ0v) is 12.5. The minimum Gasteiger partial charge on any atom is -0.336 e. The van der Waals surface area contributed by atoms with Gasteiger partial charge in [-0.25, -0.2) is 0 Å². The van der Waals surface area contributed by atoms with Gasteiger partial charge in [0.15, 0.2) is 0 Å². The van der Waals surface area contributed by atoms with Gasteiger partial charge in [0.25, 0.3) is 0 Å². The summed E-state index contributed by atoms with van der Waals surface area (Å²) in [5, 5.41) is 7.86. The lowest BCUT2D eigenvalue weighted by Crippen LogP contribution is -2.38. The van der Waals surface area contributed by atoms with Gasteiger partial charge in [-0.15, -0.1) is 0 Å². The number of hydrogen-bond acceptors (Lipinski definition) is 3. The van der Waals surface area contributed by atoms with Gasteiger partial charge < -0.3 is 10.2 Å². The molecule has 0 atom stereocenters. The minimum absolute atomic E-state index is 0.231. The summed E-state index contributed by atoms with van der Waals surface area (Å²) < 4.78 is 1.92. The third-order valence-corrected chi connectivity index (χ3v) is 4.81. The van der Waals surface area contributed by atoms with Crippen LogP contribution in [0.2, 0.25) is 0 Å². The molecule has 5 heteroatoms. The van der Waals surface area contributed by atoms with Crippen molar-refractivity contribution in [3.63, 3.8) is 0 Å². The number of likely N-dealkylation sites (tertiary alicyclic amines) is 1. The molecule has 5 nitrogen and oxygen atoms in total. The van der Waals surface area contributed by atoms with Gasteiger partial charge in [-0.2, -0.15) is 5.10 Å². The molecular weight excluding hydrogens is 252 g/mol. The van der Waals surface area contributed by atoms with Crippen molar-refractivity contribution < 1.29 is 4.79 Å². The Kier molecular flexibility index (Phi) is 3.54. The second-order valence-electron chi connectivity index (χ2n) is 6.28. The van der Waals surface area contributed by atoms with Crippen molar-refractivity contribution in [3.8, 4) is 0 Å². The molecule has 20 heavy (non-hydrogen) atoms. The van der Waals surface area contributed by atoms with E-state index >= 15 is 0 Å². The van der Waals surface area contributed by atoms with Gasteiger partial charge >= 0.3 is 0 Å². The summed E-state index contributed by atoms with van der Waals surface area (Å²) in [4.78, 5) is 14.3. The predicted octanol–water partition coefficient (Wildman–Crippen LogP) is 1.08. The first-order valence-corrected chi connectivity index (χ1v) is 7.62. The van der Waals surface area contributed by atoms with E-state index in [1.165, 1.54) is 0 Å². The van der Waals surface area contributed by atoms with E-state index < -0.39 is 0 Å². The normalized spacial score (nSPS) is 21.9. The van der Waals surface area contributed by atoms with Crippen LogP contribution in [0.5, 0.6) is 0 Å². The molecule has 1 spiro atoms. The molecule has 2 fully saturated rings.